The van der Waals surface area contributed by atoms with Gasteiger partial charge in [0.15, 0.2) is 0 Å². The van der Waals surface area contributed by atoms with Crippen molar-refractivity contribution in [2.75, 3.05) is 30.3 Å². The van der Waals surface area contributed by atoms with Gasteiger partial charge in [0.05, 0.1) is 17.7 Å². The second-order valence-corrected chi connectivity index (χ2v) is 12.0. The van der Waals surface area contributed by atoms with Crippen LogP contribution in [0.3, 0.4) is 0 Å². The van der Waals surface area contributed by atoms with Gasteiger partial charge in [-0.3, -0.25) is 0 Å². The number of piperidine rings is 1. The number of rotatable bonds is 8. The Balaban J connectivity index is 1.36. The number of pyridine rings is 1. The first-order chi connectivity index (χ1) is 21.4. The third-order valence-electron chi connectivity index (χ3n) is 7.24. The molecule has 0 aliphatic carbocycles. The fraction of sp³-hybridized carbons (Fsp3) is 0.394. The van der Waals surface area contributed by atoms with E-state index in [1.165, 1.54) is 0 Å². The number of aromatic nitrogens is 3. The lowest BCUT2D eigenvalue weighted by Crippen LogP contribution is -2.47. The molecule has 9 nitrogen and oxygen atoms in total. The summed E-state index contributed by atoms with van der Waals surface area (Å²) in [6.45, 7) is 8.30. The summed E-state index contributed by atoms with van der Waals surface area (Å²) in [6.07, 6.45) is -0.578. The molecule has 1 amide bonds. The lowest BCUT2D eigenvalue weighted by Gasteiger charge is -2.34. The van der Waals surface area contributed by atoms with Crippen LogP contribution in [0.25, 0.3) is 22.0 Å². The van der Waals surface area contributed by atoms with Crippen molar-refractivity contribution in [1.29, 1.82) is 0 Å². The normalized spacial score (nSPS) is 15.5. The van der Waals surface area contributed by atoms with Crippen LogP contribution in [0.15, 0.2) is 60.9 Å². The SMILES string of the molecule is Cc1ccc2c(NCCC(F)(F)F)cccc2c1Oc1ncccc1-c1ccnc(N[C@H]2CCCN(C(=O)OC(C)(C)C)C2)n1. The Bertz CT molecular complexity index is 1660. The molecule has 2 aromatic carbocycles. The van der Waals surface area contributed by atoms with E-state index in [1.54, 1.807) is 41.6 Å². The number of aryl methyl sites for hydroxylation is 1. The van der Waals surface area contributed by atoms with Crippen molar-refractivity contribution in [2.45, 2.75) is 64.8 Å². The monoisotopic (exact) mass is 622 g/mol. The fourth-order valence-electron chi connectivity index (χ4n) is 5.18. The van der Waals surface area contributed by atoms with E-state index >= 15 is 0 Å². The predicted octanol–water partition coefficient (Wildman–Crippen LogP) is 7.97. The minimum atomic E-state index is -4.24. The van der Waals surface area contributed by atoms with Crippen LogP contribution >= 0.6 is 0 Å². The van der Waals surface area contributed by atoms with Gasteiger partial charge in [0.2, 0.25) is 11.8 Å². The molecular weight excluding hydrogens is 585 g/mol. The van der Waals surface area contributed by atoms with Crippen molar-refractivity contribution in [2.24, 2.45) is 0 Å². The fourth-order valence-corrected chi connectivity index (χ4v) is 5.18. The molecule has 5 rings (SSSR count). The molecule has 0 saturated carbocycles. The van der Waals surface area contributed by atoms with Gasteiger partial charge in [-0.2, -0.15) is 13.2 Å². The number of fused-ring (bicyclic) bond motifs is 1. The molecule has 238 valence electrons. The van der Waals surface area contributed by atoms with E-state index in [2.05, 4.69) is 20.6 Å². The average Bonchev–Trinajstić information content (AvgIpc) is 2.98. The lowest BCUT2D eigenvalue weighted by atomic mass is 10.0. The number of nitrogens with zero attached hydrogens (tertiary/aromatic N) is 4. The Morgan fingerprint density at radius 2 is 1.84 bits per heavy atom. The molecule has 12 heteroatoms. The van der Waals surface area contributed by atoms with Crippen LogP contribution in [0, 0.1) is 6.92 Å². The highest BCUT2D eigenvalue weighted by Gasteiger charge is 2.28. The van der Waals surface area contributed by atoms with E-state index in [1.807, 2.05) is 52.0 Å². The van der Waals surface area contributed by atoms with Gasteiger partial charge in [-0.1, -0.05) is 24.3 Å². The standard InChI is InChI=1S/C33H37F3N6O3/c1-21-12-13-23-24(9-5-11-26(23)37-18-15-33(34,35)36)28(21)44-29-25(10-6-16-38-29)27-14-17-39-30(41-27)40-22-8-7-19-42(20-22)31(43)45-32(2,3)4/h5-6,9-14,16-17,22,37H,7-8,15,18-20H2,1-4H3,(H,39,40,41)/t22-/m0/s1. The van der Waals surface area contributed by atoms with E-state index in [0.29, 0.717) is 47.6 Å². The molecule has 1 aliphatic heterocycles. The smallest absolute Gasteiger partial charge is 0.410 e. The number of benzene rings is 2. The quantitative estimate of drug-likeness (QED) is 0.204. The average molecular weight is 623 g/mol. The number of ether oxygens (including phenoxy) is 2. The Hall–Kier alpha value is -4.61. The number of alkyl halides is 3. The number of likely N-dealkylation sites (tertiary alicyclic amines) is 1. The van der Waals surface area contributed by atoms with Gasteiger partial charge >= 0.3 is 12.3 Å². The first-order valence-electron chi connectivity index (χ1n) is 14.9. The van der Waals surface area contributed by atoms with Gasteiger partial charge in [-0.25, -0.2) is 19.7 Å². The van der Waals surface area contributed by atoms with Crippen LogP contribution in [0.5, 0.6) is 11.6 Å². The number of halogens is 3. The summed E-state index contributed by atoms with van der Waals surface area (Å²) in [4.78, 5) is 28.0. The minimum absolute atomic E-state index is 0.0524. The van der Waals surface area contributed by atoms with Crippen LogP contribution in [0.4, 0.5) is 29.6 Å². The van der Waals surface area contributed by atoms with Crippen LogP contribution in [0.2, 0.25) is 0 Å². The summed E-state index contributed by atoms with van der Waals surface area (Å²) in [5.41, 5.74) is 2.07. The summed E-state index contributed by atoms with van der Waals surface area (Å²) < 4.78 is 50.2. The zero-order valence-corrected chi connectivity index (χ0v) is 25.7. The Morgan fingerprint density at radius 1 is 1.02 bits per heavy atom. The van der Waals surface area contributed by atoms with Crippen molar-refractivity contribution < 1.29 is 27.4 Å². The molecule has 2 N–H and O–H groups in total. The maximum atomic E-state index is 12.7. The van der Waals surface area contributed by atoms with E-state index in [-0.39, 0.29) is 18.7 Å². The number of carbonyl (C=O) groups is 1. The second-order valence-electron chi connectivity index (χ2n) is 12.0. The zero-order valence-electron chi connectivity index (χ0n) is 25.7. The van der Waals surface area contributed by atoms with Crippen molar-refractivity contribution in [3.05, 3.63) is 66.5 Å². The van der Waals surface area contributed by atoms with Gasteiger partial charge in [0.1, 0.15) is 11.4 Å². The Kier molecular flexibility index (Phi) is 9.31. The van der Waals surface area contributed by atoms with Gasteiger partial charge in [-0.05, 0) is 70.4 Å². The molecule has 0 unspecified atom stereocenters. The van der Waals surface area contributed by atoms with Crippen molar-refractivity contribution in [3.8, 4) is 22.9 Å². The van der Waals surface area contributed by atoms with Crippen LogP contribution in [-0.4, -0.2) is 63.4 Å². The summed E-state index contributed by atoms with van der Waals surface area (Å²) in [6, 6.07) is 14.5. The Morgan fingerprint density at radius 3 is 2.62 bits per heavy atom. The third kappa shape index (κ3) is 8.31. The third-order valence-corrected chi connectivity index (χ3v) is 7.24. The summed E-state index contributed by atoms with van der Waals surface area (Å²) >= 11 is 0. The van der Waals surface area contributed by atoms with Crippen LogP contribution in [-0.2, 0) is 4.74 Å². The molecule has 0 bridgehead atoms. The molecule has 2 aromatic heterocycles. The summed E-state index contributed by atoms with van der Waals surface area (Å²) in [5, 5.41) is 7.74. The number of hydrogen-bond donors (Lipinski definition) is 2. The second kappa shape index (κ2) is 13.2. The van der Waals surface area contributed by atoms with Gasteiger partial charge in [-0.15, -0.1) is 0 Å². The highest BCUT2D eigenvalue weighted by atomic mass is 19.4. The molecule has 4 aromatic rings. The first kappa shape index (κ1) is 31.8. The lowest BCUT2D eigenvalue weighted by molar-refractivity contribution is -0.131. The van der Waals surface area contributed by atoms with Crippen molar-refractivity contribution >= 4 is 28.5 Å². The highest BCUT2D eigenvalue weighted by molar-refractivity contribution is 5.98. The van der Waals surface area contributed by atoms with Gasteiger partial charge in [0.25, 0.3) is 0 Å². The van der Waals surface area contributed by atoms with Crippen LogP contribution < -0.4 is 15.4 Å². The van der Waals surface area contributed by atoms with Gasteiger partial charge in [0, 0.05) is 54.5 Å². The van der Waals surface area contributed by atoms with E-state index < -0.39 is 18.2 Å². The summed E-state index contributed by atoms with van der Waals surface area (Å²) in [5.74, 6) is 1.28. The maximum absolute atomic E-state index is 12.7. The van der Waals surface area contributed by atoms with Crippen molar-refractivity contribution in [3.63, 3.8) is 0 Å². The zero-order chi connectivity index (χ0) is 32.2. The van der Waals surface area contributed by atoms with Gasteiger partial charge < -0.3 is 25.0 Å². The molecule has 0 radical (unpaired) electrons. The largest absolute Gasteiger partial charge is 0.444 e. The van der Waals surface area contributed by atoms with Crippen LogP contribution in [0.1, 0.15) is 45.6 Å². The number of amides is 1. The maximum Gasteiger partial charge on any atom is 0.410 e. The van der Waals surface area contributed by atoms with E-state index in [9.17, 15) is 18.0 Å². The van der Waals surface area contributed by atoms with E-state index in [0.717, 1.165) is 29.2 Å². The minimum Gasteiger partial charge on any atom is -0.444 e. The number of nitrogens with one attached hydrogen (secondary N) is 2. The topological polar surface area (TPSA) is 102 Å². The molecular formula is C33H37F3N6O3. The number of anilines is 2. The highest BCUT2D eigenvalue weighted by Crippen LogP contribution is 2.38. The number of hydrogen-bond acceptors (Lipinski definition) is 8. The molecule has 45 heavy (non-hydrogen) atoms. The molecule has 1 aliphatic rings. The van der Waals surface area contributed by atoms with E-state index in [4.69, 9.17) is 14.5 Å². The predicted molar refractivity (Wildman–Crippen MR) is 168 cm³/mol. The molecule has 1 atom stereocenters. The molecule has 3 heterocycles. The first-order valence-corrected chi connectivity index (χ1v) is 14.9. The number of carbonyl (C=O) groups excluding carboxylic acids is 1. The Labute approximate surface area is 260 Å². The van der Waals surface area contributed by atoms with Crippen molar-refractivity contribution in [1.82, 2.24) is 19.9 Å². The molecule has 1 saturated heterocycles. The molecule has 1 fully saturated rings. The molecule has 0 spiro atoms. The summed E-state index contributed by atoms with van der Waals surface area (Å²) in [7, 11) is 0.